The van der Waals surface area contributed by atoms with Crippen molar-refractivity contribution in [3.05, 3.63) is 23.7 Å². The van der Waals surface area contributed by atoms with Crippen molar-refractivity contribution in [1.29, 1.82) is 0 Å². The molecule has 0 spiro atoms. The van der Waals surface area contributed by atoms with Gasteiger partial charge in [0, 0.05) is 0 Å². The van der Waals surface area contributed by atoms with Gasteiger partial charge in [0.25, 0.3) is 0 Å². The van der Waals surface area contributed by atoms with Gasteiger partial charge in [-0.05, 0) is 18.6 Å². The first-order valence-electron chi connectivity index (χ1n) is 4.72. The van der Waals surface area contributed by atoms with E-state index in [-0.39, 0.29) is 5.76 Å². The van der Waals surface area contributed by atoms with Gasteiger partial charge >= 0.3 is 5.97 Å². The van der Waals surface area contributed by atoms with E-state index in [1.807, 2.05) is 0 Å². The van der Waals surface area contributed by atoms with Crippen molar-refractivity contribution in [2.75, 3.05) is 20.3 Å². The normalized spacial score (nSPS) is 17.7. The zero-order valence-corrected chi connectivity index (χ0v) is 8.39. The lowest BCUT2D eigenvalue weighted by Crippen LogP contribution is -2.17. The van der Waals surface area contributed by atoms with E-state index in [2.05, 4.69) is 4.74 Å². The number of rotatable bonds is 2. The highest BCUT2D eigenvalue weighted by Crippen LogP contribution is 2.24. The van der Waals surface area contributed by atoms with Gasteiger partial charge in [-0.25, -0.2) is 4.79 Å². The Morgan fingerprint density at radius 1 is 1.40 bits per heavy atom. The third-order valence-electron chi connectivity index (χ3n) is 2.07. The summed E-state index contributed by atoms with van der Waals surface area (Å²) in [7, 11) is 1.30. The highest BCUT2D eigenvalue weighted by molar-refractivity contribution is 5.86. The molecule has 0 unspecified atom stereocenters. The van der Waals surface area contributed by atoms with Crippen LogP contribution in [0.5, 0.6) is 0 Å². The van der Waals surface area contributed by atoms with Crippen LogP contribution in [0, 0.1) is 0 Å². The smallest absolute Gasteiger partial charge is 0.373 e. The molecule has 0 aromatic carbocycles. The topological polar surface area (TPSA) is 57.9 Å². The molecule has 0 aliphatic carbocycles. The lowest BCUT2D eigenvalue weighted by atomic mass is 10.4. The lowest BCUT2D eigenvalue weighted by molar-refractivity contribution is -0.191. The van der Waals surface area contributed by atoms with E-state index >= 15 is 0 Å². The van der Waals surface area contributed by atoms with E-state index in [1.54, 1.807) is 12.1 Å². The fraction of sp³-hybridized carbons (Fsp3) is 0.500. The van der Waals surface area contributed by atoms with Crippen LogP contribution in [0.2, 0.25) is 0 Å². The van der Waals surface area contributed by atoms with Crippen LogP contribution in [0.4, 0.5) is 0 Å². The number of hydrogen-bond acceptors (Lipinski definition) is 5. The summed E-state index contributed by atoms with van der Waals surface area (Å²) >= 11 is 0. The molecule has 1 aliphatic heterocycles. The maximum atomic E-state index is 11.1. The number of carbonyl (C=O) groups is 1. The molecule has 0 N–H and O–H groups in total. The third-order valence-corrected chi connectivity index (χ3v) is 2.07. The van der Waals surface area contributed by atoms with Crippen LogP contribution >= 0.6 is 0 Å². The molecule has 0 radical (unpaired) electrons. The average Bonchev–Trinajstić information content (AvgIpc) is 2.78. The molecule has 2 rings (SSSR count). The molecule has 1 aliphatic rings. The number of furan rings is 1. The van der Waals surface area contributed by atoms with Crippen LogP contribution in [-0.2, 0) is 14.2 Å². The van der Waals surface area contributed by atoms with Crippen molar-refractivity contribution in [1.82, 2.24) is 0 Å². The first-order valence-corrected chi connectivity index (χ1v) is 4.72. The van der Waals surface area contributed by atoms with Crippen LogP contribution in [0.15, 0.2) is 16.5 Å². The molecule has 15 heavy (non-hydrogen) atoms. The highest BCUT2D eigenvalue weighted by atomic mass is 16.7. The van der Waals surface area contributed by atoms with Crippen molar-refractivity contribution in [3.63, 3.8) is 0 Å². The van der Waals surface area contributed by atoms with Crippen LogP contribution < -0.4 is 0 Å². The largest absolute Gasteiger partial charge is 0.463 e. The van der Waals surface area contributed by atoms with Crippen molar-refractivity contribution < 1.29 is 23.4 Å². The van der Waals surface area contributed by atoms with Crippen LogP contribution in [0.3, 0.4) is 0 Å². The van der Waals surface area contributed by atoms with Crippen LogP contribution in [-0.4, -0.2) is 26.3 Å². The highest BCUT2D eigenvalue weighted by Gasteiger charge is 2.21. The minimum Gasteiger partial charge on any atom is -0.463 e. The summed E-state index contributed by atoms with van der Waals surface area (Å²) in [4.78, 5) is 11.1. The Kier molecular flexibility index (Phi) is 3.03. The predicted molar refractivity (Wildman–Crippen MR) is 49.3 cm³/mol. The predicted octanol–water partition coefficient (Wildman–Crippen LogP) is 1.50. The summed E-state index contributed by atoms with van der Waals surface area (Å²) < 4.78 is 20.4. The van der Waals surface area contributed by atoms with Gasteiger partial charge in [0.05, 0.1) is 20.3 Å². The Morgan fingerprint density at radius 2 is 2.13 bits per heavy atom. The summed E-state index contributed by atoms with van der Waals surface area (Å²) in [6.07, 6.45) is 0.373. The van der Waals surface area contributed by atoms with Gasteiger partial charge in [0.15, 0.2) is 5.76 Å². The molecule has 1 saturated heterocycles. The summed E-state index contributed by atoms with van der Waals surface area (Å²) in [5, 5.41) is 0. The standard InChI is InChI=1S/C10H12O5/c1-12-9(11)7-3-4-8(15-7)10-13-5-2-6-14-10/h3-4,10H,2,5-6H2,1H3. The maximum Gasteiger partial charge on any atom is 0.373 e. The fourth-order valence-electron chi connectivity index (χ4n) is 1.34. The van der Waals surface area contributed by atoms with E-state index in [9.17, 15) is 4.79 Å². The molecule has 82 valence electrons. The van der Waals surface area contributed by atoms with Crippen LogP contribution in [0.25, 0.3) is 0 Å². The van der Waals surface area contributed by atoms with Crippen molar-refractivity contribution >= 4 is 5.97 Å². The number of esters is 1. The maximum absolute atomic E-state index is 11.1. The second-order valence-corrected chi connectivity index (χ2v) is 3.12. The van der Waals surface area contributed by atoms with Gasteiger partial charge in [-0.15, -0.1) is 0 Å². The van der Waals surface area contributed by atoms with Gasteiger partial charge in [-0.2, -0.15) is 0 Å². The minimum atomic E-state index is -0.503. The Morgan fingerprint density at radius 3 is 2.80 bits per heavy atom. The van der Waals surface area contributed by atoms with E-state index in [1.165, 1.54) is 7.11 Å². The van der Waals surface area contributed by atoms with Gasteiger partial charge in [-0.3, -0.25) is 0 Å². The molecule has 5 heteroatoms. The SMILES string of the molecule is COC(=O)c1ccc(C2OCCCO2)o1. The lowest BCUT2D eigenvalue weighted by Gasteiger charge is -2.20. The van der Waals surface area contributed by atoms with E-state index in [0.717, 1.165) is 6.42 Å². The second-order valence-electron chi connectivity index (χ2n) is 3.12. The molecule has 0 saturated carbocycles. The Balaban J connectivity index is 2.08. The van der Waals surface area contributed by atoms with Crippen molar-refractivity contribution in [2.45, 2.75) is 12.7 Å². The van der Waals surface area contributed by atoms with Gasteiger partial charge < -0.3 is 18.6 Å². The zero-order valence-electron chi connectivity index (χ0n) is 8.39. The zero-order chi connectivity index (χ0) is 10.7. The number of hydrogen-bond donors (Lipinski definition) is 0. The molecular weight excluding hydrogens is 200 g/mol. The monoisotopic (exact) mass is 212 g/mol. The van der Waals surface area contributed by atoms with Gasteiger partial charge in [-0.1, -0.05) is 0 Å². The molecule has 0 atom stereocenters. The first-order chi connectivity index (χ1) is 7.31. The molecule has 0 amide bonds. The molecule has 0 bridgehead atoms. The summed E-state index contributed by atoms with van der Waals surface area (Å²) in [5.74, 6) is 0.150. The number of carbonyl (C=O) groups excluding carboxylic acids is 1. The number of methoxy groups -OCH3 is 1. The third kappa shape index (κ3) is 2.19. The summed E-state index contributed by atoms with van der Waals surface area (Å²) in [5.41, 5.74) is 0. The average molecular weight is 212 g/mol. The van der Waals surface area contributed by atoms with E-state index < -0.39 is 12.3 Å². The molecule has 1 aromatic rings. The molecule has 5 nitrogen and oxygen atoms in total. The summed E-state index contributed by atoms with van der Waals surface area (Å²) in [6, 6.07) is 3.20. The second kappa shape index (κ2) is 4.46. The van der Waals surface area contributed by atoms with Gasteiger partial charge in [0.1, 0.15) is 0 Å². The first kappa shape index (κ1) is 10.2. The molecule has 2 heterocycles. The van der Waals surface area contributed by atoms with Crippen LogP contribution in [0.1, 0.15) is 29.0 Å². The quantitative estimate of drug-likeness (QED) is 0.695. The molecule has 1 fully saturated rings. The molecular formula is C10H12O5. The Hall–Kier alpha value is -1.33. The number of ether oxygens (including phenoxy) is 3. The van der Waals surface area contributed by atoms with E-state index in [4.69, 9.17) is 13.9 Å². The van der Waals surface area contributed by atoms with Crippen molar-refractivity contribution in [3.8, 4) is 0 Å². The Bertz CT molecular complexity index is 337. The van der Waals surface area contributed by atoms with Gasteiger partial charge in [0.2, 0.25) is 12.1 Å². The minimum absolute atomic E-state index is 0.158. The molecule has 1 aromatic heterocycles. The Labute approximate surface area is 86.9 Å². The fourth-order valence-corrected chi connectivity index (χ4v) is 1.34. The van der Waals surface area contributed by atoms with Crippen molar-refractivity contribution in [2.24, 2.45) is 0 Å². The summed E-state index contributed by atoms with van der Waals surface area (Å²) in [6.45, 7) is 1.28. The van der Waals surface area contributed by atoms with E-state index in [0.29, 0.717) is 19.0 Å².